The number of nitrogens with two attached hydrogens (primary N) is 1. The van der Waals surface area contributed by atoms with E-state index in [1.54, 1.807) is 29.8 Å². The van der Waals surface area contributed by atoms with E-state index in [4.69, 9.17) is 10.6 Å². The predicted octanol–water partition coefficient (Wildman–Crippen LogP) is 2.21. The minimum absolute atomic E-state index is 0.0135. The molecule has 3 aromatic rings. The molecule has 0 radical (unpaired) electrons. The molecule has 1 unspecified atom stereocenters. The summed E-state index contributed by atoms with van der Waals surface area (Å²) in [5.41, 5.74) is 3.87. The fourth-order valence-corrected chi connectivity index (χ4v) is 3.68. The van der Waals surface area contributed by atoms with Gasteiger partial charge in [0.15, 0.2) is 4.96 Å². The molecular weight excluding hydrogens is 280 g/mol. The summed E-state index contributed by atoms with van der Waals surface area (Å²) in [6, 6.07) is 1.97. The molecule has 1 atom stereocenters. The molecule has 0 amide bonds. The Morgan fingerprint density at radius 2 is 2.37 bits per heavy atom. The van der Waals surface area contributed by atoms with Crippen LogP contribution in [0.25, 0.3) is 4.96 Å². The van der Waals surface area contributed by atoms with Crippen LogP contribution in [-0.4, -0.2) is 16.5 Å². The Kier molecular flexibility index (Phi) is 3.52. The van der Waals surface area contributed by atoms with Crippen molar-refractivity contribution in [3.8, 4) is 5.75 Å². The third kappa shape index (κ3) is 2.37. The van der Waals surface area contributed by atoms with Gasteiger partial charge >= 0.3 is 0 Å². The largest absolute Gasteiger partial charge is 0.496 e. The smallest absolute Gasteiger partial charge is 0.193 e. The highest BCUT2D eigenvalue weighted by atomic mass is 32.1. The summed E-state index contributed by atoms with van der Waals surface area (Å²) >= 11 is 3.26. The molecule has 19 heavy (non-hydrogen) atoms. The van der Waals surface area contributed by atoms with Crippen LogP contribution >= 0.6 is 22.7 Å². The lowest BCUT2D eigenvalue weighted by Crippen LogP contribution is -2.29. The Balaban J connectivity index is 1.85. The molecule has 7 heteroatoms. The van der Waals surface area contributed by atoms with Gasteiger partial charge in [0.05, 0.1) is 23.7 Å². The van der Waals surface area contributed by atoms with Gasteiger partial charge in [-0.3, -0.25) is 15.7 Å². The fourth-order valence-electron chi connectivity index (χ4n) is 2.04. The normalized spacial score (nSPS) is 12.9. The van der Waals surface area contributed by atoms with Gasteiger partial charge in [0.1, 0.15) is 5.75 Å². The summed E-state index contributed by atoms with van der Waals surface area (Å²) in [5, 5.41) is 4.03. The van der Waals surface area contributed by atoms with Gasteiger partial charge in [0, 0.05) is 24.2 Å². The summed E-state index contributed by atoms with van der Waals surface area (Å²) < 4.78 is 7.37. The molecule has 3 rings (SSSR count). The first-order valence-corrected chi connectivity index (χ1v) is 7.56. The van der Waals surface area contributed by atoms with Crippen LogP contribution in [0.2, 0.25) is 0 Å². The monoisotopic (exact) mass is 294 g/mol. The number of fused-ring (bicyclic) bond motifs is 1. The van der Waals surface area contributed by atoms with Crippen molar-refractivity contribution >= 4 is 27.6 Å². The van der Waals surface area contributed by atoms with Crippen molar-refractivity contribution in [2.24, 2.45) is 5.84 Å². The zero-order valence-electron chi connectivity index (χ0n) is 10.4. The molecule has 5 nitrogen and oxygen atoms in total. The Hall–Kier alpha value is -1.41. The number of methoxy groups -OCH3 is 1. The number of nitrogens with one attached hydrogen (secondary N) is 1. The standard InChI is InChI=1S/C12H14N4OS2/c1-17-10-2-4-18-11(10)9(15-13)6-8-7-16-3-5-19-12(16)14-8/h2-5,7,9,15H,6,13H2,1H3. The van der Waals surface area contributed by atoms with E-state index >= 15 is 0 Å². The van der Waals surface area contributed by atoms with Crippen LogP contribution in [0.5, 0.6) is 5.75 Å². The van der Waals surface area contributed by atoms with Gasteiger partial charge in [-0.1, -0.05) is 0 Å². The molecule has 0 aliphatic rings. The molecule has 100 valence electrons. The third-order valence-electron chi connectivity index (χ3n) is 2.95. The zero-order chi connectivity index (χ0) is 13.2. The molecule has 0 bridgehead atoms. The molecule has 0 aliphatic carbocycles. The van der Waals surface area contributed by atoms with Crippen LogP contribution < -0.4 is 16.0 Å². The first-order valence-electron chi connectivity index (χ1n) is 5.80. The van der Waals surface area contributed by atoms with Gasteiger partial charge in [0.25, 0.3) is 0 Å². The van der Waals surface area contributed by atoms with E-state index in [1.165, 1.54) is 0 Å². The van der Waals surface area contributed by atoms with E-state index < -0.39 is 0 Å². The molecular formula is C12H14N4OS2. The predicted molar refractivity (Wildman–Crippen MR) is 77.7 cm³/mol. The molecule has 0 saturated carbocycles. The van der Waals surface area contributed by atoms with Gasteiger partial charge in [-0.05, 0) is 11.4 Å². The first kappa shape index (κ1) is 12.6. The van der Waals surface area contributed by atoms with E-state index in [-0.39, 0.29) is 6.04 Å². The Bertz CT molecular complexity index is 643. The molecule has 0 fully saturated rings. The van der Waals surface area contributed by atoms with Crippen molar-refractivity contribution in [2.75, 3.05) is 7.11 Å². The van der Waals surface area contributed by atoms with Gasteiger partial charge in [-0.15, -0.1) is 22.7 Å². The number of imidazole rings is 1. The van der Waals surface area contributed by atoms with Gasteiger partial charge in [0.2, 0.25) is 0 Å². The Morgan fingerprint density at radius 3 is 3.11 bits per heavy atom. The molecule has 3 heterocycles. The van der Waals surface area contributed by atoms with Gasteiger partial charge < -0.3 is 4.74 Å². The lowest BCUT2D eigenvalue weighted by Gasteiger charge is -2.14. The number of rotatable bonds is 5. The maximum Gasteiger partial charge on any atom is 0.193 e. The van der Waals surface area contributed by atoms with Crippen LogP contribution in [0.3, 0.4) is 0 Å². The van der Waals surface area contributed by atoms with Crippen molar-refractivity contribution in [2.45, 2.75) is 12.5 Å². The number of nitrogens with zero attached hydrogens (tertiary/aromatic N) is 2. The molecule has 0 saturated heterocycles. The number of thiophene rings is 1. The lowest BCUT2D eigenvalue weighted by molar-refractivity contribution is 0.403. The average Bonchev–Trinajstić information content (AvgIpc) is 3.10. The Morgan fingerprint density at radius 1 is 1.47 bits per heavy atom. The maximum absolute atomic E-state index is 5.67. The zero-order valence-corrected chi connectivity index (χ0v) is 12.0. The van der Waals surface area contributed by atoms with Gasteiger partial charge in [-0.2, -0.15) is 0 Å². The second kappa shape index (κ2) is 5.30. The van der Waals surface area contributed by atoms with E-state index in [0.717, 1.165) is 27.7 Å². The van der Waals surface area contributed by atoms with E-state index in [0.29, 0.717) is 0 Å². The van der Waals surface area contributed by atoms with Crippen LogP contribution in [0, 0.1) is 0 Å². The van der Waals surface area contributed by atoms with Crippen LogP contribution in [0.4, 0.5) is 0 Å². The quantitative estimate of drug-likeness (QED) is 0.559. The number of hydrazine groups is 1. The topological polar surface area (TPSA) is 64.6 Å². The average molecular weight is 294 g/mol. The van der Waals surface area contributed by atoms with Crippen LogP contribution in [0.1, 0.15) is 16.6 Å². The molecule has 0 aromatic carbocycles. The number of hydrogen-bond acceptors (Lipinski definition) is 6. The number of ether oxygens (including phenoxy) is 1. The summed E-state index contributed by atoms with van der Waals surface area (Å²) in [6.07, 6.45) is 4.78. The van der Waals surface area contributed by atoms with Crippen molar-refractivity contribution < 1.29 is 4.74 Å². The fraction of sp³-hybridized carbons (Fsp3) is 0.250. The summed E-state index contributed by atoms with van der Waals surface area (Å²) in [7, 11) is 1.67. The summed E-state index contributed by atoms with van der Waals surface area (Å²) in [6.45, 7) is 0. The van der Waals surface area contributed by atoms with E-state index in [2.05, 4.69) is 10.4 Å². The van der Waals surface area contributed by atoms with Crippen molar-refractivity contribution in [3.63, 3.8) is 0 Å². The molecule has 3 N–H and O–H groups in total. The first-order chi connectivity index (χ1) is 9.31. The van der Waals surface area contributed by atoms with Crippen molar-refractivity contribution in [3.05, 3.63) is 39.8 Å². The third-order valence-corrected chi connectivity index (χ3v) is 4.73. The highest BCUT2D eigenvalue weighted by Crippen LogP contribution is 2.32. The lowest BCUT2D eigenvalue weighted by atomic mass is 10.1. The highest BCUT2D eigenvalue weighted by Gasteiger charge is 2.18. The second-order valence-electron chi connectivity index (χ2n) is 4.10. The minimum atomic E-state index is 0.0135. The number of hydrogen-bond donors (Lipinski definition) is 2. The summed E-state index contributed by atoms with van der Waals surface area (Å²) in [5.74, 6) is 6.54. The van der Waals surface area contributed by atoms with Gasteiger partial charge in [-0.25, -0.2) is 4.98 Å². The molecule has 0 aliphatic heterocycles. The maximum atomic E-state index is 5.67. The van der Waals surface area contributed by atoms with Crippen molar-refractivity contribution in [1.29, 1.82) is 0 Å². The van der Waals surface area contributed by atoms with Crippen molar-refractivity contribution in [1.82, 2.24) is 14.8 Å². The number of aromatic nitrogens is 2. The minimum Gasteiger partial charge on any atom is -0.496 e. The summed E-state index contributed by atoms with van der Waals surface area (Å²) in [4.78, 5) is 6.68. The number of thiazole rings is 1. The van der Waals surface area contributed by atoms with Crippen LogP contribution in [0.15, 0.2) is 29.2 Å². The molecule has 3 aromatic heterocycles. The van der Waals surface area contributed by atoms with E-state index in [1.807, 2.05) is 33.6 Å². The SMILES string of the molecule is COc1ccsc1C(Cc1cn2ccsc2n1)NN. The Labute approximate surface area is 118 Å². The highest BCUT2D eigenvalue weighted by molar-refractivity contribution is 7.15. The second-order valence-corrected chi connectivity index (χ2v) is 5.92. The van der Waals surface area contributed by atoms with Crippen LogP contribution in [-0.2, 0) is 6.42 Å². The van der Waals surface area contributed by atoms with E-state index in [9.17, 15) is 0 Å². The molecule has 0 spiro atoms.